The fraction of sp³-hybridized carbons (Fsp3) is 0. The van der Waals surface area contributed by atoms with E-state index in [-0.39, 0.29) is 6.03 Å². The Morgan fingerprint density at radius 1 is 1.05 bits per heavy atom. The van der Waals surface area contributed by atoms with Crippen LogP contribution in [0.5, 0.6) is 0 Å². The van der Waals surface area contributed by atoms with Gasteiger partial charge >= 0.3 is 6.03 Å². The molecule has 0 spiro atoms. The van der Waals surface area contributed by atoms with Gasteiger partial charge in [0.25, 0.3) is 0 Å². The highest BCUT2D eigenvalue weighted by molar-refractivity contribution is 6.00. The van der Waals surface area contributed by atoms with Gasteiger partial charge < -0.3 is 21.4 Å². The van der Waals surface area contributed by atoms with Crippen LogP contribution in [-0.4, -0.2) is 16.0 Å². The van der Waals surface area contributed by atoms with Gasteiger partial charge in [0.1, 0.15) is 0 Å². The van der Waals surface area contributed by atoms with Gasteiger partial charge in [0, 0.05) is 17.1 Å². The van der Waals surface area contributed by atoms with Crippen LogP contribution in [0.25, 0.3) is 11.0 Å². The number of nitrogens with zero attached hydrogens (tertiary/aromatic N) is 1. The monoisotopic (exact) mass is 267 g/mol. The van der Waals surface area contributed by atoms with Gasteiger partial charge in [0.05, 0.1) is 17.4 Å². The van der Waals surface area contributed by atoms with Crippen molar-refractivity contribution < 1.29 is 4.79 Å². The minimum Gasteiger partial charge on any atom is -0.399 e. The van der Waals surface area contributed by atoms with Crippen molar-refractivity contribution in [3.63, 3.8) is 0 Å². The zero-order valence-corrected chi connectivity index (χ0v) is 10.6. The molecule has 0 saturated heterocycles. The molecule has 0 saturated carbocycles. The molecular formula is C14H13N5O. The Morgan fingerprint density at radius 3 is 2.55 bits per heavy atom. The number of aromatic nitrogens is 2. The Kier molecular flexibility index (Phi) is 2.96. The average molecular weight is 267 g/mol. The van der Waals surface area contributed by atoms with E-state index in [2.05, 4.69) is 20.6 Å². The number of aromatic amines is 1. The molecule has 3 rings (SSSR count). The Hall–Kier alpha value is -3.02. The van der Waals surface area contributed by atoms with Crippen molar-refractivity contribution in [1.29, 1.82) is 0 Å². The predicted octanol–water partition coefficient (Wildman–Crippen LogP) is 2.79. The lowest BCUT2D eigenvalue weighted by atomic mass is 10.2. The molecule has 0 aliphatic carbocycles. The van der Waals surface area contributed by atoms with E-state index in [0.717, 1.165) is 11.0 Å². The van der Waals surface area contributed by atoms with Crippen molar-refractivity contribution in [1.82, 2.24) is 9.97 Å². The first kappa shape index (κ1) is 12.0. The second-order valence-corrected chi connectivity index (χ2v) is 4.34. The number of amides is 2. The van der Waals surface area contributed by atoms with E-state index in [1.54, 1.807) is 36.7 Å². The summed E-state index contributed by atoms with van der Waals surface area (Å²) in [6, 6.07) is 12.1. The summed E-state index contributed by atoms with van der Waals surface area (Å²) in [4.78, 5) is 19.0. The third-order valence-electron chi connectivity index (χ3n) is 2.85. The van der Waals surface area contributed by atoms with Crippen molar-refractivity contribution in [3.05, 3.63) is 48.8 Å². The van der Waals surface area contributed by atoms with Gasteiger partial charge in [-0.05, 0) is 42.5 Å². The van der Waals surface area contributed by atoms with E-state index in [9.17, 15) is 4.79 Å². The van der Waals surface area contributed by atoms with Crippen molar-refractivity contribution in [2.24, 2.45) is 0 Å². The number of nitrogens with two attached hydrogens (primary N) is 1. The summed E-state index contributed by atoms with van der Waals surface area (Å²) < 4.78 is 0. The van der Waals surface area contributed by atoms with Crippen LogP contribution in [0.3, 0.4) is 0 Å². The number of hydrogen-bond acceptors (Lipinski definition) is 3. The first-order valence-corrected chi connectivity index (χ1v) is 6.07. The summed E-state index contributed by atoms with van der Waals surface area (Å²) in [6.07, 6.45) is 1.61. The molecule has 0 unspecified atom stereocenters. The molecular weight excluding hydrogens is 254 g/mol. The summed E-state index contributed by atoms with van der Waals surface area (Å²) >= 11 is 0. The summed E-state index contributed by atoms with van der Waals surface area (Å²) in [5, 5.41) is 5.49. The number of imidazole rings is 1. The minimum atomic E-state index is -0.311. The van der Waals surface area contributed by atoms with E-state index in [1.807, 2.05) is 12.1 Å². The maximum Gasteiger partial charge on any atom is 0.323 e. The van der Waals surface area contributed by atoms with Crippen molar-refractivity contribution in [2.75, 3.05) is 16.4 Å². The molecule has 20 heavy (non-hydrogen) atoms. The van der Waals surface area contributed by atoms with E-state index in [4.69, 9.17) is 5.73 Å². The van der Waals surface area contributed by atoms with Gasteiger partial charge in [-0.2, -0.15) is 0 Å². The van der Waals surface area contributed by atoms with Crippen LogP contribution in [0, 0.1) is 0 Å². The fourth-order valence-corrected chi connectivity index (χ4v) is 1.87. The molecule has 6 nitrogen and oxygen atoms in total. The molecule has 0 aliphatic rings. The number of carbonyl (C=O) groups excluding carboxylic acids is 1. The molecule has 6 heteroatoms. The Labute approximate surface area is 115 Å². The number of rotatable bonds is 2. The Bertz CT molecular complexity index is 748. The van der Waals surface area contributed by atoms with E-state index < -0.39 is 0 Å². The van der Waals surface area contributed by atoms with Crippen LogP contribution >= 0.6 is 0 Å². The smallest absolute Gasteiger partial charge is 0.323 e. The minimum absolute atomic E-state index is 0.311. The van der Waals surface area contributed by atoms with Crippen molar-refractivity contribution >= 4 is 34.1 Å². The number of anilines is 3. The molecule has 0 aliphatic heterocycles. The number of nitrogens with one attached hydrogen (secondary N) is 3. The molecule has 2 aromatic carbocycles. The van der Waals surface area contributed by atoms with Gasteiger partial charge in [-0.1, -0.05) is 0 Å². The summed E-state index contributed by atoms with van der Waals surface area (Å²) in [6.45, 7) is 0. The largest absolute Gasteiger partial charge is 0.399 e. The number of fused-ring (bicyclic) bond motifs is 1. The van der Waals surface area contributed by atoms with E-state index >= 15 is 0 Å². The number of carbonyl (C=O) groups is 1. The number of H-pyrrole nitrogens is 1. The number of urea groups is 1. The lowest BCUT2D eigenvalue weighted by Gasteiger charge is -2.07. The van der Waals surface area contributed by atoms with E-state index in [1.165, 1.54) is 0 Å². The first-order chi connectivity index (χ1) is 9.70. The third kappa shape index (κ3) is 2.54. The van der Waals surface area contributed by atoms with Gasteiger partial charge in [-0.25, -0.2) is 9.78 Å². The second kappa shape index (κ2) is 4.93. The van der Waals surface area contributed by atoms with Crippen LogP contribution < -0.4 is 16.4 Å². The molecule has 2 amide bonds. The standard InChI is InChI=1S/C14H13N5O/c15-9-1-3-10(4-2-9)18-14(20)19-11-5-6-12-13(7-11)17-8-16-12/h1-8H,15H2,(H,16,17)(H2,18,19,20). The highest BCUT2D eigenvalue weighted by Gasteiger charge is 2.04. The fourth-order valence-electron chi connectivity index (χ4n) is 1.87. The highest BCUT2D eigenvalue weighted by Crippen LogP contribution is 2.16. The molecule has 5 N–H and O–H groups in total. The number of nitrogen functional groups attached to an aromatic ring is 1. The number of hydrogen-bond donors (Lipinski definition) is 4. The second-order valence-electron chi connectivity index (χ2n) is 4.34. The third-order valence-corrected chi connectivity index (χ3v) is 2.85. The molecule has 0 fully saturated rings. The van der Waals surface area contributed by atoms with Gasteiger partial charge in [0.15, 0.2) is 0 Å². The molecule has 3 aromatic rings. The maximum atomic E-state index is 11.9. The van der Waals surface area contributed by atoms with Crippen LogP contribution in [0.2, 0.25) is 0 Å². The topological polar surface area (TPSA) is 95.8 Å². The first-order valence-electron chi connectivity index (χ1n) is 6.07. The average Bonchev–Trinajstić information content (AvgIpc) is 2.89. The SMILES string of the molecule is Nc1ccc(NC(=O)Nc2ccc3nc[nH]c3c2)cc1. The van der Waals surface area contributed by atoms with Crippen LogP contribution in [-0.2, 0) is 0 Å². The normalized spacial score (nSPS) is 10.4. The van der Waals surface area contributed by atoms with Crippen LogP contribution in [0.1, 0.15) is 0 Å². The van der Waals surface area contributed by atoms with Gasteiger partial charge in [-0.3, -0.25) is 0 Å². The summed E-state index contributed by atoms with van der Waals surface area (Å²) in [5.41, 5.74) is 9.34. The molecule has 0 atom stereocenters. The molecule has 1 heterocycles. The maximum absolute atomic E-state index is 11.9. The highest BCUT2D eigenvalue weighted by atomic mass is 16.2. The van der Waals surface area contributed by atoms with E-state index in [0.29, 0.717) is 17.1 Å². The Morgan fingerprint density at radius 2 is 1.75 bits per heavy atom. The molecule has 0 bridgehead atoms. The summed E-state index contributed by atoms with van der Waals surface area (Å²) in [5.74, 6) is 0. The van der Waals surface area contributed by atoms with Gasteiger partial charge in [-0.15, -0.1) is 0 Å². The lowest BCUT2D eigenvalue weighted by Crippen LogP contribution is -2.19. The van der Waals surface area contributed by atoms with Gasteiger partial charge in [0.2, 0.25) is 0 Å². The number of benzene rings is 2. The van der Waals surface area contributed by atoms with Crippen LogP contribution in [0.4, 0.5) is 21.9 Å². The zero-order chi connectivity index (χ0) is 13.9. The van der Waals surface area contributed by atoms with Crippen molar-refractivity contribution in [3.8, 4) is 0 Å². The zero-order valence-electron chi connectivity index (χ0n) is 10.6. The molecule has 1 aromatic heterocycles. The molecule has 100 valence electrons. The molecule has 0 radical (unpaired) electrons. The summed E-state index contributed by atoms with van der Waals surface area (Å²) in [7, 11) is 0. The quantitative estimate of drug-likeness (QED) is 0.537. The predicted molar refractivity (Wildman–Crippen MR) is 79.6 cm³/mol. The van der Waals surface area contributed by atoms with Crippen LogP contribution in [0.15, 0.2) is 48.8 Å². The lowest BCUT2D eigenvalue weighted by molar-refractivity contribution is 0.262. The Balaban J connectivity index is 1.70. The van der Waals surface area contributed by atoms with Crippen molar-refractivity contribution in [2.45, 2.75) is 0 Å².